The number of amides is 1. The Morgan fingerprint density at radius 2 is 2.00 bits per heavy atom. The molecule has 1 saturated heterocycles. The molecule has 0 aromatic carbocycles. The smallest absolute Gasteiger partial charge is 0.394 e. The lowest BCUT2D eigenvalue weighted by Gasteiger charge is -2.36. The number of pyridine rings is 1. The van der Waals surface area contributed by atoms with Gasteiger partial charge in [-0.1, -0.05) is 6.92 Å². The molecule has 174 valence electrons. The maximum Gasteiger partial charge on any atom is 0.394 e. The summed E-state index contributed by atoms with van der Waals surface area (Å²) >= 11 is 0. The van der Waals surface area contributed by atoms with Crippen LogP contribution in [0.1, 0.15) is 56.8 Å². The van der Waals surface area contributed by atoms with E-state index < -0.39 is 17.5 Å². The number of primary amides is 1. The highest BCUT2D eigenvalue weighted by Crippen LogP contribution is 2.59. The molecule has 2 fully saturated rings. The number of carbonyl (C=O) groups is 1. The van der Waals surface area contributed by atoms with E-state index in [4.69, 9.17) is 10.5 Å². The first-order valence-electron chi connectivity index (χ1n) is 10.8. The van der Waals surface area contributed by atoms with Crippen molar-refractivity contribution < 1.29 is 22.7 Å². The van der Waals surface area contributed by atoms with Crippen molar-refractivity contribution in [2.45, 2.75) is 58.2 Å². The zero-order valence-corrected chi connectivity index (χ0v) is 18.4. The number of rotatable bonds is 7. The van der Waals surface area contributed by atoms with E-state index >= 15 is 0 Å². The van der Waals surface area contributed by atoms with E-state index in [-0.39, 0.29) is 37.3 Å². The Hall–Kier alpha value is -2.78. The van der Waals surface area contributed by atoms with Crippen LogP contribution in [-0.2, 0) is 0 Å². The highest BCUT2D eigenvalue weighted by molar-refractivity contribution is 5.98. The van der Waals surface area contributed by atoms with Gasteiger partial charge in [0, 0.05) is 24.3 Å². The SMILES string of the molecule is CC1CCN(c2nc(-n3ccc(OCCC4(C(F)(F)F)CC4)n3)ccc2C(N)=O)C1(C)C. The second-order valence-corrected chi connectivity index (χ2v) is 9.37. The molecule has 1 amide bonds. The van der Waals surface area contributed by atoms with Crippen molar-refractivity contribution in [3.05, 3.63) is 30.0 Å². The zero-order valence-electron chi connectivity index (χ0n) is 18.4. The Morgan fingerprint density at radius 1 is 1.28 bits per heavy atom. The summed E-state index contributed by atoms with van der Waals surface area (Å²) in [5.41, 5.74) is 4.13. The topological polar surface area (TPSA) is 86.3 Å². The van der Waals surface area contributed by atoms with Crippen LogP contribution in [0.2, 0.25) is 0 Å². The van der Waals surface area contributed by atoms with Crippen molar-refractivity contribution in [3.63, 3.8) is 0 Å². The van der Waals surface area contributed by atoms with E-state index in [1.54, 1.807) is 24.4 Å². The summed E-state index contributed by atoms with van der Waals surface area (Å²) in [7, 11) is 0. The van der Waals surface area contributed by atoms with Crippen molar-refractivity contribution in [2.24, 2.45) is 17.1 Å². The summed E-state index contributed by atoms with van der Waals surface area (Å²) in [4.78, 5) is 18.8. The van der Waals surface area contributed by atoms with E-state index in [1.807, 2.05) is 0 Å². The molecule has 0 bridgehead atoms. The summed E-state index contributed by atoms with van der Waals surface area (Å²) in [6, 6.07) is 4.84. The second kappa shape index (κ2) is 7.67. The molecular formula is C22H28F3N5O2. The van der Waals surface area contributed by atoms with Crippen molar-refractivity contribution in [1.29, 1.82) is 0 Å². The fraction of sp³-hybridized carbons (Fsp3) is 0.591. The van der Waals surface area contributed by atoms with Gasteiger partial charge in [-0.2, -0.15) is 13.2 Å². The maximum atomic E-state index is 13.1. The van der Waals surface area contributed by atoms with Gasteiger partial charge in [0.05, 0.1) is 17.6 Å². The number of halogens is 3. The van der Waals surface area contributed by atoms with Crippen LogP contribution < -0.4 is 15.4 Å². The van der Waals surface area contributed by atoms with E-state index in [0.717, 1.165) is 13.0 Å². The third-order valence-corrected chi connectivity index (χ3v) is 7.15. The van der Waals surface area contributed by atoms with Crippen LogP contribution in [0.5, 0.6) is 5.88 Å². The molecule has 1 atom stereocenters. The molecule has 2 aromatic rings. The summed E-state index contributed by atoms with van der Waals surface area (Å²) < 4.78 is 46.1. The number of anilines is 1. The number of hydrogen-bond donors (Lipinski definition) is 1. The van der Waals surface area contributed by atoms with Gasteiger partial charge in [0.2, 0.25) is 5.88 Å². The zero-order chi connectivity index (χ0) is 23.3. The van der Waals surface area contributed by atoms with E-state index in [2.05, 4.69) is 35.8 Å². The minimum atomic E-state index is -4.20. The molecule has 1 saturated carbocycles. The van der Waals surface area contributed by atoms with Gasteiger partial charge in [-0.05, 0) is 57.6 Å². The molecule has 1 aliphatic heterocycles. The van der Waals surface area contributed by atoms with Crippen LogP contribution in [0.3, 0.4) is 0 Å². The van der Waals surface area contributed by atoms with E-state index in [1.165, 1.54) is 4.68 Å². The van der Waals surface area contributed by atoms with Gasteiger partial charge >= 0.3 is 6.18 Å². The summed E-state index contributed by atoms with van der Waals surface area (Å²) in [5, 5.41) is 4.29. The molecule has 2 N–H and O–H groups in total. The number of alkyl halides is 3. The standard InChI is InChI=1S/C22H28F3N5O2/c1-14-6-11-29(20(14,2)3)19-15(18(26)31)4-5-16(27-19)30-12-7-17(28-30)32-13-10-21(8-9-21)22(23,24)25/h4-5,7,12,14H,6,8-11,13H2,1-3H3,(H2,26,31). The van der Waals surface area contributed by atoms with Crippen LogP contribution in [0.15, 0.2) is 24.4 Å². The van der Waals surface area contributed by atoms with Gasteiger partial charge in [-0.15, -0.1) is 5.10 Å². The first-order valence-corrected chi connectivity index (χ1v) is 10.8. The number of nitrogens with zero attached hydrogens (tertiary/aromatic N) is 4. The van der Waals surface area contributed by atoms with Gasteiger partial charge < -0.3 is 15.4 Å². The maximum absolute atomic E-state index is 13.1. The Bertz CT molecular complexity index is 1010. The fourth-order valence-corrected chi connectivity index (χ4v) is 4.26. The molecule has 1 unspecified atom stereocenters. The largest absolute Gasteiger partial charge is 0.477 e. The molecule has 1 aliphatic carbocycles. The molecule has 32 heavy (non-hydrogen) atoms. The minimum Gasteiger partial charge on any atom is -0.477 e. The lowest BCUT2D eigenvalue weighted by atomic mass is 9.90. The van der Waals surface area contributed by atoms with Gasteiger partial charge in [0.15, 0.2) is 5.82 Å². The normalized spacial score (nSPS) is 21.6. The van der Waals surface area contributed by atoms with Crippen LogP contribution in [-0.4, -0.2) is 45.5 Å². The first kappa shape index (κ1) is 22.4. The van der Waals surface area contributed by atoms with Crippen LogP contribution in [0.25, 0.3) is 5.82 Å². The third kappa shape index (κ3) is 3.91. The van der Waals surface area contributed by atoms with Gasteiger partial charge in [0.25, 0.3) is 5.91 Å². The lowest BCUT2D eigenvalue weighted by molar-refractivity contribution is -0.190. The molecule has 2 aliphatic rings. The lowest BCUT2D eigenvalue weighted by Crippen LogP contribution is -2.43. The number of aromatic nitrogens is 3. The average molecular weight is 451 g/mol. The van der Waals surface area contributed by atoms with Crippen LogP contribution in [0.4, 0.5) is 19.0 Å². The summed E-state index contributed by atoms with van der Waals surface area (Å²) in [6.45, 7) is 7.07. The van der Waals surface area contributed by atoms with Crippen molar-refractivity contribution in [1.82, 2.24) is 14.8 Å². The number of hydrogen-bond acceptors (Lipinski definition) is 5. The number of ether oxygens (including phenoxy) is 1. The molecule has 0 spiro atoms. The molecular weight excluding hydrogens is 423 g/mol. The highest BCUT2D eigenvalue weighted by Gasteiger charge is 2.62. The molecule has 3 heterocycles. The average Bonchev–Trinajstić information content (AvgIpc) is 3.29. The molecule has 4 rings (SSSR count). The Kier molecular flexibility index (Phi) is 5.37. The number of nitrogens with two attached hydrogens (primary N) is 1. The quantitative estimate of drug-likeness (QED) is 0.685. The van der Waals surface area contributed by atoms with E-state index in [9.17, 15) is 18.0 Å². The fourth-order valence-electron chi connectivity index (χ4n) is 4.26. The first-order chi connectivity index (χ1) is 14.9. The molecule has 2 aromatic heterocycles. The highest BCUT2D eigenvalue weighted by atomic mass is 19.4. The Labute approximate surface area is 184 Å². The van der Waals surface area contributed by atoms with Crippen molar-refractivity contribution >= 4 is 11.7 Å². The van der Waals surface area contributed by atoms with Gasteiger partial charge in [-0.3, -0.25) is 4.79 Å². The number of carbonyl (C=O) groups excluding carboxylic acids is 1. The molecule has 0 radical (unpaired) electrons. The monoisotopic (exact) mass is 451 g/mol. The second-order valence-electron chi connectivity index (χ2n) is 9.37. The van der Waals surface area contributed by atoms with Crippen LogP contribution >= 0.6 is 0 Å². The van der Waals surface area contributed by atoms with Crippen molar-refractivity contribution in [3.8, 4) is 11.7 Å². The predicted octanol–water partition coefficient (Wildman–Crippen LogP) is 4.10. The van der Waals surface area contributed by atoms with E-state index in [0.29, 0.717) is 23.1 Å². The third-order valence-electron chi connectivity index (χ3n) is 7.15. The Balaban J connectivity index is 1.52. The minimum absolute atomic E-state index is 0.0599. The van der Waals surface area contributed by atoms with Gasteiger partial charge in [-0.25, -0.2) is 9.67 Å². The Morgan fingerprint density at radius 3 is 2.56 bits per heavy atom. The summed E-state index contributed by atoms with van der Waals surface area (Å²) in [5.74, 6) is 1.04. The molecule has 10 heteroatoms. The molecule has 7 nitrogen and oxygen atoms in total. The van der Waals surface area contributed by atoms with Crippen molar-refractivity contribution in [2.75, 3.05) is 18.1 Å². The van der Waals surface area contributed by atoms with Gasteiger partial charge in [0.1, 0.15) is 5.82 Å². The summed E-state index contributed by atoms with van der Waals surface area (Å²) in [6.07, 6.45) is -1.38. The van der Waals surface area contributed by atoms with Crippen LogP contribution in [0, 0.1) is 11.3 Å². The predicted molar refractivity (Wildman–Crippen MR) is 113 cm³/mol.